The van der Waals surface area contributed by atoms with E-state index in [-0.39, 0.29) is 6.61 Å². The third-order valence-corrected chi connectivity index (χ3v) is 4.46. The van der Waals surface area contributed by atoms with Gasteiger partial charge in [-0.1, -0.05) is 24.0 Å². The van der Waals surface area contributed by atoms with Gasteiger partial charge in [0, 0.05) is 25.1 Å². The van der Waals surface area contributed by atoms with E-state index >= 15 is 0 Å². The Hall–Kier alpha value is -1.59. The average molecular weight is 310 g/mol. The molecule has 114 valence electrons. The molecule has 0 bridgehead atoms. The molecule has 0 aliphatic carbocycles. The number of ether oxygens (including phenoxy) is 1. The second-order valence-corrected chi connectivity index (χ2v) is 6.11. The normalized spacial score (nSPS) is 16.0. The Kier molecular flexibility index (Phi) is 5.59. The van der Waals surface area contributed by atoms with E-state index in [1.54, 1.807) is 24.3 Å². The van der Waals surface area contributed by atoms with Crippen LogP contribution in [0.5, 0.6) is 0 Å². The second-order valence-electron chi connectivity index (χ2n) is 4.44. The van der Waals surface area contributed by atoms with Crippen LogP contribution in [0.3, 0.4) is 0 Å². The lowest BCUT2D eigenvalue weighted by atomic mass is 10.2. The highest BCUT2D eigenvalue weighted by atomic mass is 32.2. The van der Waals surface area contributed by atoms with Crippen LogP contribution >= 0.6 is 0 Å². The number of hydrogen-bond donors (Lipinski definition) is 2. The maximum Gasteiger partial charge on any atom is 0.301 e. The van der Waals surface area contributed by atoms with E-state index in [1.807, 2.05) is 0 Å². The van der Waals surface area contributed by atoms with Crippen molar-refractivity contribution in [3.05, 3.63) is 29.8 Å². The Morgan fingerprint density at radius 3 is 2.71 bits per heavy atom. The lowest BCUT2D eigenvalue weighted by Crippen LogP contribution is -2.43. The third kappa shape index (κ3) is 4.44. The van der Waals surface area contributed by atoms with Crippen molar-refractivity contribution >= 4 is 15.9 Å². The molecular weight excluding hydrogens is 292 g/mol. The fraction of sp³-hybridized carbons (Fsp3) is 0.429. The summed E-state index contributed by atoms with van der Waals surface area (Å²) < 4.78 is 33.7. The first kappa shape index (κ1) is 15.8. The molecule has 1 aromatic carbocycles. The van der Waals surface area contributed by atoms with Crippen molar-refractivity contribution in [1.82, 2.24) is 4.31 Å². The molecule has 1 aliphatic rings. The summed E-state index contributed by atoms with van der Waals surface area (Å²) in [7, 11) is -3.60. The van der Waals surface area contributed by atoms with E-state index in [4.69, 9.17) is 9.84 Å². The summed E-state index contributed by atoms with van der Waals surface area (Å²) in [6.07, 6.45) is 0.352. The van der Waals surface area contributed by atoms with Crippen molar-refractivity contribution in [3.8, 4) is 11.8 Å². The molecule has 21 heavy (non-hydrogen) atoms. The summed E-state index contributed by atoms with van der Waals surface area (Å²) in [6.45, 7) is 1.47. The second kappa shape index (κ2) is 7.43. The van der Waals surface area contributed by atoms with E-state index in [0.29, 0.717) is 44.0 Å². The van der Waals surface area contributed by atoms with Gasteiger partial charge in [0.05, 0.1) is 25.5 Å². The zero-order chi connectivity index (χ0) is 15.1. The highest BCUT2D eigenvalue weighted by Gasteiger charge is 2.24. The van der Waals surface area contributed by atoms with Crippen LogP contribution in [0.25, 0.3) is 0 Å². The van der Waals surface area contributed by atoms with Crippen molar-refractivity contribution in [1.29, 1.82) is 0 Å². The van der Waals surface area contributed by atoms with E-state index in [2.05, 4.69) is 16.6 Å². The zero-order valence-electron chi connectivity index (χ0n) is 11.6. The Balaban J connectivity index is 2.17. The van der Waals surface area contributed by atoms with Crippen molar-refractivity contribution in [3.63, 3.8) is 0 Å². The average Bonchev–Trinajstić information content (AvgIpc) is 2.50. The van der Waals surface area contributed by atoms with Crippen LogP contribution in [0, 0.1) is 11.8 Å². The Morgan fingerprint density at radius 2 is 2.00 bits per heavy atom. The molecular formula is C14H18N2O4S. The van der Waals surface area contributed by atoms with E-state index in [1.165, 1.54) is 4.31 Å². The minimum Gasteiger partial charge on any atom is -0.395 e. The van der Waals surface area contributed by atoms with Crippen molar-refractivity contribution in [2.24, 2.45) is 0 Å². The van der Waals surface area contributed by atoms with Gasteiger partial charge < -0.3 is 9.84 Å². The molecule has 7 heteroatoms. The van der Waals surface area contributed by atoms with Gasteiger partial charge in [0.15, 0.2) is 0 Å². The van der Waals surface area contributed by atoms with Crippen molar-refractivity contribution < 1.29 is 18.3 Å². The van der Waals surface area contributed by atoms with Gasteiger partial charge in [-0.05, 0) is 12.1 Å². The zero-order valence-corrected chi connectivity index (χ0v) is 12.4. The molecule has 0 aromatic heterocycles. The van der Waals surface area contributed by atoms with E-state index in [0.717, 1.165) is 0 Å². The maximum atomic E-state index is 12.3. The molecule has 1 aliphatic heterocycles. The number of hydrogen-bond acceptors (Lipinski definition) is 4. The highest BCUT2D eigenvalue weighted by Crippen LogP contribution is 2.17. The maximum absolute atomic E-state index is 12.3. The Labute approximate surface area is 124 Å². The lowest BCUT2D eigenvalue weighted by Gasteiger charge is -2.26. The molecule has 2 rings (SSSR count). The van der Waals surface area contributed by atoms with Crippen LogP contribution in [0.4, 0.5) is 5.69 Å². The summed E-state index contributed by atoms with van der Waals surface area (Å²) in [6, 6.07) is 6.94. The number of benzene rings is 1. The summed E-state index contributed by atoms with van der Waals surface area (Å²) in [4.78, 5) is 0. The van der Waals surface area contributed by atoms with Gasteiger partial charge in [0.2, 0.25) is 0 Å². The molecule has 0 spiro atoms. The molecule has 1 heterocycles. The molecule has 0 saturated carbocycles. The van der Waals surface area contributed by atoms with Crippen LogP contribution in [-0.2, 0) is 14.9 Å². The minimum atomic E-state index is -3.60. The van der Waals surface area contributed by atoms with E-state index < -0.39 is 10.2 Å². The summed E-state index contributed by atoms with van der Waals surface area (Å²) in [5.74, 6) is 5.65. The predicted molar refractivity (Wildman–Crippen MR) is 80.0 cm³/mol. The first-order valence-electron chi connectivity index (χ1n) is 6.68. The van der Waals surface area contributed by atoms with Gasteiger partial charge in [-0.3, -0.25) is 4.72 Å². The number of nitrogens with zero attached hydrogens (tertiary/aromatic N) is 1. The molecule has 0 atom stereocenters. The summed E-state index contributed by atoms with van der Waals surface area (Å²) in [5, 5.41) is 8.74. The predicted octanol–water partition coefficient (Wildman–Crippen LogP) is 0.409. The standard InChI is InChI=1S/C14H18N2O4S/c17-10-4-3-6-13-5-1-2-7-14(13)15-21(18,19)16-8-11-20-12-9-16/h1-2,5,7,15,17H,4,8-12H2. The quantitative estimate of drug-likeness (QED) is 0.790. The minimum absolute atomic E-state index is 0.0192. The van der Waals surface area contributed by atoms with Gasteiger partial charge in [-0.25, -0.2) is 0 Å². The fourth-order valence-electron chi connectivity index (χ4n) is 1.89. The summed E-state index contributed by atoms with van der Waals surface area (Å²) >= 11 is 0. The molecule has 2 N–H and O–H groups in total. The lowest BCUT2D eigenvalue weighted by molar-refractivity contribution is 0.0733. The number of nitrogens with one attached hydrogen (secondary N) is 1. The summed E-state index contributed by atoms with van der Waals surface area (Å²) in [5.41, 5.74) is 1.03. The third-order valence-electron chi connectivity index (χ3n) is 2.94. The fourth-order valence-corrected chi connectivity index (χ4v) is 3.10. The smallest absolute Gasteiger partial charge is 0.301 e. The first-order chi connectivity index (χ1) is 10.1. The van der Waals surface area contributed by atoms with Gasteiger partial charge in [-0.2, -0.15) is 12.7 Å². The SMILES string of the molecule is O=S(=O)(Nc1ccccc1C#CCCO)N1CCOCC1. The molecule has 1 fully saturated rings. The topological polar surface area (TPSA) is 78.9 Å². The monoisotopic (exact) mass is 310 g/mol. The Morgan fingerprint density at radius 1 is 1.29 bits per heavy atom. The van der Waals surface area contributed by atoms with Crippen LogP contribution in [0.1, 0.15) is 12.0 Å². The van der Waals surface area contributed by atoms with Crippen molar-refractivity contribution in [2.75, 3.05) is 37.6 Å². The molecule has 1 aromatic rings. The number of para-hydroxylation sites is 1. The van der Waals surface area contributed by atoms with Crippen LogP contribution < -0.4 is 4.72 Å². The largest absolute Gasteiger partial charge is 0.395 e. The molecule has 0 amide bonds. The number of anilines is 1. The van der Waals surface area contributed by atoms with Gasteiger partial charge in [-0.15, -0.1) is 0 Å². The van der Waals surface area contributed by atoms with Crippen molar-refractivity contribution in [2.45, 2.75) is 6.42 Å². The van der Waals surface area contributed by atoms with Gasteiger partial charge in [0.25, 0.3) is 0 Å². The number of aliphatic hydroxyl groups is 1. The van der Waals surface area contributed by atoms with E-state index in [9.17, 15) is 8.42 Å². The Bertz CT molecular complexity index is 628. The van der Waals surface area contributed by atoms with Crippen LogP contribution in [-0.4, -0.2) is 50.7 Å². The van der Waals surface area contributed by atoms with Gasteiger partial charge >= 0.3 is 10.2 Å². The van der Waals surface area contributed by atoms with Crippen LogP contribution in [0.15, 0.2) is 24.3 Å². The van der Waals surface area contributed by atoms with Crippen LogP contribution in [0.2, 0.25) is 0 Å². The number of rotatable bonds is 4. The highest BCUT2D eigenvalue weighted by molar-refractivity contribution is 7.90. The number of aliphatic hydroxyl groups excluding tert-OH is 1. The van der Waals surface area contributed by atoms with Gasteiger partial charge in [0.1, 0.15) is 0 Å². The molecule has 0 radical (unpaired) electrons. The molecule has 1 saturated heterocycles. The number of morpholine rings is 1. The molecule has 6 nitrogen and oxygen atoms in total. The molecule has 0 unspecified atom stereocenters. The first-order valence-corrected chi connectivity index (χ1v) is 8.12.